The lowest BCUT2D eigenvalue weighted by Gasteiger charge is -2.11. The van der Waals surface area contributed by atoms with E-state index in [1.54, 1.807) is 43.5 Å². The summed E-state index contributed by atoms with van der Waals surface area (Å²) in [4.78, 5) is 12.2. The average molecular weight is 439 g/mol. The first kappa shape index (κ1) is 22.2. The van der Waals surface area contributed by atoms with Gasteiger partial charge in [0.15, 0.2) is 11.5 Å². The third-order valence-corrected chi connectivity index (χ3v) is 4.51. The lowest BCUT2D eigenvalue weighted by Crippen LogP contribution is -2.17. The molecule has 3 aromatic carbocycles. The number of ether oxygens (including phenoxy) is 3. The molecule has 0 aliphatic heterocycles. The van der Waals surface area contributed by atoms with E-state index < -0.39 is 0 Å². The molecule has 0 bridgehead atoms. The smallest absolute Gasteiger partial charge is 0.271 e. The molecule has 160 valence electrons. The van der Waals surface area contributed by atoms with Gasteiger partial charge < -0.3 is 14.2 Å². The highest BCUT2D eigenvalue weighted by Crippen LogP contribution is 2.28. The molecule has 0 aliphatic carbocycles. The van der Waals surface area contributed by atoms with Crippen molar-refractivity contribution in [3.63, 3.8) is 0 Å². The van der Waals surface area contributed by atoms with Gasteiger partial charge in [0, 0.05) is 10.6 Å². The van der Waals surface area contributed by atoms with E-state index in [9.17, 15) is 4.79 Å². The number of nitrogens with one attached hydrogen (secondary N) is 1. The number of amides is 1. The largest absolute Gasteiger partial charge is 0.494 e. The molecule has 6 nitrogen and oxygen atoms in total. The Hall–Kier alpha value is -3.51. The van der Waals surface area contributed by atoms with Gasteiger partial charge in [0.1, 0.15) is 12.4 Å². The zero-order valence-corrected chi connectivity index (χ0v) is 18.1. The summed E-state index contributed by atoms with van der Waals surface area (Å²) in [5.41, 5.74) is 4.70. The molecule has 0 radical (unpaired) electrons. The standard InChI is InChI=1S/C24H23ClN2O4/c1-3-30-21-10-8-19(9-11-21)24(28)27-26-15-17-7-12-22(23(14-17)29-2)31-16-18-5-4-6-20(25)13-18/h4-15H,3,16H2,1-2H3,(H,27,28)/b26-15+. The third kappa shape index (κ3) is 6.49. The molecule has 0 aromatic heterocycles. The minimum atomic E-state index is -0.312. The van der Waals surface area contributed by atoms with Crippen molar-refractivity contribution >= 4 is 23.7 Å². The van der Waals surface area contributed by atoms with E-state index in [0.717, 1.165) is 11.1 Å². The van der Waals surface area contributed by atoms with Crippen LogP contribution in [-0.4, -0.2) is 25.8 Å². The average Bonchev–Trinajstić information content (AvgIpc) is 2.78. The van der Waals surface area contributed by atoms with Crippen LogP contribution in [0.4, 0.5) is 0 Å². The second-order valence-corrected chi connectivity index (χ2v) is 6.92. The Bertz CT molecular complexity index is 1050. The van der Waals surface area contributed by atoms with Gasteiger partial charge in [-0.05, 0) is 72.6 Å². The van der Waals surface area contributed by atoms with Crippen LogP contribution in [0.15, 0.2) is 71.8 Å². The van der Waals surface area contributed by atoms with E-state index in [2.05, 4.69) is 10.5 Å². The van der Waals surface area contributed by atoms with Gasteiger partial charge in [-0.2, -0.15) is 5.10 Å². The first-order valence-corrected chi connectivity index (χ1v) is 10.1. The molecule has 0 saturated carbocycles. The van der Waals surface area contributed by atoms with Crippen LogP contribution in [0.3, 0.4) is 0 Å². The fraction of sp³-hybridized carbons (Fsp3) is 0.167. The van der Waals surface area contributed by atoms with Crippen molar-refractivity contribution in [1.29, 1.82) is 0 Å². The lowest BCUT2D eigenvalue weighted by molar-refractivity contribution is 0.0955. The number of hydrazone groups is 1. The van der Waals surface area contributed by atoms with Gasteiger partial charge in [-0.1, -0.05) is 23.7 Å². The van der Waals surface area contributed by atoms with Gasteiger partial charge in [-0.25, -0.2) is 5.43 Å². The van der Waals surface area contributed by atoms with Crippen molar-refractivity contribution in [1.82, 2.24) is 5.43 Å². The van der Waals surface area contributed by atoms with Crippen molar-refractivity contribution in [3.8, 4) is 17.2 Å². The molecular weight excluding hydrogens is 416 g/mol. The summed E-state index contributed by atoms with van der Waals surface area (Å²) in [6, 6.07) is 19.7. The van der Waals surface area contributed by atoms with Crippen LogP contribution >= 0.6 is 11.6 Å². The molecule has 0 fully saturated rings. The summed E-state index contributed by atoms with van der Waals surface area (Å²) in [5.74, 6) is 1.56. The Kier molecular flexibility index (Phi) is 7.90. The number of benzene rings is 3. The summed E-state index contributed by atoms with van der Waals surface area (Å²) >= 11 is 6.01. The van der Waals surface area contributed by atoms with E-state index in [4.69, 9.17) is 25.8 Å². The Balaban J connectivity index is 1.59. The van der Waals surface area contributed by atoms with Crippen LogP contribution in [0.5, 0.6) is 17.2 Å². The maximum atomic E-state index is 12.2. The highest BCUT2D eigenvalue weighted by Gasteiger charge is 2.07. The van der Waals surface area contributed by atoms with Crippen molar-refractivity contribution in [2.75, 3.05) is 13.7 Å². The fourth-order valence-electron chi connectivity index (χ4n) is 2.77. The maximum absolute atomic E-state index is 12.2. The molecule has 3 rings (SSSR count). The Morgan fingerprint density at radius 1 is 1.03 bits per heavy atom. The van der Waals surface area contributed by atoms with Crippen LogP contribution in [0, 0.1) is 0 Å². The number of rotatable bonds is 9. The van der Waals surface area contributed by atoms with Crippen LogP contribution in [0.1, 0.15) is 28.4 Å². The monoisotopic (exact) mass is 438 g/mol. The van der Waals surface area contributed by atoms with Crippen LogP contribution in [-0.2, 0) is 6.61 Å². The van der Waals surface area contributed by atoms with Crippen molar-refractivity contribution < 1.29 is 19.0 Å². The minimum absolute atomic E-state index is 0.312. The van der Waals surface area contributed by atoms with Crippen molar-refractivity contribution in [2.24, 2.45) is 5.10 Å². The Morgan fingerprint density at radius 3 is 2.55 bits per heavy atom. The van der Waals surface area contributed by atoms with Crippen LogP contribution < -0.4 is 19.6 Å². The molecule has 31 heavy (non-hydrogen) atoms. The molecule has 0 aliphatic rings. The number of hydrogen-bond donors (Lipinski definition) is 1. The number of hydrogen-bond acceptors (Lipinski definition) is 5. The maximum Gasteiger partial charge on any atom is 0.271 e. The van der Waals surface area contributed by atoms with Crippen molar-refractivity contribution in [3.05, 3.63) is 88.4 Å². The highest BCUT2D eigenvalue weighted by atomic mass is 35.5. The molecule has 3 aromatic rings. The predicted molar refractivity (Wildman–Crippen MR) is 121 cm³/mol. The zero-order chi connectivity index (χ0) is 22.1. The number of carbonyl (C=O) groups excluding carboxylic acids is 1. The molecule has 0 unspecified atom stereocenters. The second kappa shape index (κ2) is 11.0. The highest BCUT2D eigenvalue weighted by molar-refractivity contribution is 6.30. The molecule has 1 N–H and O–H groups in total. The first-order chi connectivity index (χ1) is 15.1. The number of carbonyl (C=O) groups is 1. The quantitative estimate of drug-likeness (QED) is 0.373. The minimum Gasteiger partial charge on any atom is -0.494 e. The van der Waals surface area contributed by atoms with Gasteiger partial charge in [-0.15, -0.1) is 0 Å². The molecule has 0 atom stereocenters. The second-order valence-electron chi connectivity index (χ2n) is 6.49. The molecule has 0 heterocycles. The Morgan fingerprint density at radius 2 is 1.84 bits per heavy atom. The van der Waals surface area contributed by atoms with Crippen molar-refractivity contribution in [2.45, 2.75) is 13.5 Å². The van der Waals surface area contributed by atoms with Gasteiger partial charge in [0.05, 0.1) is 19.9 Å². The normalized spacial score (nSPS) is 10.7. The van der Waals surface area contributed by atoms with Crippen LogP contribution in [0.2, 0.25) is 5.02 Å². The summed E-state index contributed by atoms with van der Waals surface area (Å²) in [7, 11) is 1.57. The molecular formula is C24H23ClN2O4. The van der Waals surface area contributed by atoms with Gasteiger partial charge in [0.25, 0.3) is 5.91 Å². The molecule has 0 saturated heterocycles. The predicted octanol–water partition coefficient (Wildman–Crippen LogP) is 5.09. The SMILES string of the molecule is CCOc1ccc(C(=O)N/N=C/c2ccc(OCc3cccc(Cl)c3)c(OC)c2)cc1. The molecule has 7 heteroatoms. The Labute approximate surface area is 186 Å². The lowest BCUT2D eigenvalue weighted by atomic mass is 10.2. The summed E-state index contributed by atoms with van der Waals surface area (Å²) in [6.07, 6.45) is 1.54. The van der Waals surface area contributed by atoms with E-state index in [1.807, 2.05) is 37.3 Å². The zero-order valence-electron chi connectivity index (χ0n) is 17.3. The molecule has 0 spiro atoms. The van der Waals surface area contributed by atoms with E-state index in [1.165, 1.54) is 6.21 Å². The van der Waals surface area contributed by atoms with E-state index in [0.29, 0.717) is 41.0 Å². The fourth-order valence-corrected chi connectivity index (χ4v) is 2.98. The molecule has 1 amide bonds. The summed E-state index contributed by atoms with van der Waals surface area (Å²) in [5, 5.41) is 4.68. The van der Waals surface area contributed by atoms with E-state index >= 15 is 0 Å². The van der Waals surface area contributed by atoms with Gasteiger partial charge >= 0.3 is 0 Å². The van der Waals surface area contributed by atoms with Crippen LogP contribution in [0.25, 0.3) is 0 Å². The number of nitrogens with zero attached hydrogens (tertiary/aromatic N) is 1. The number of methoxy groups -OCH3 is 1. The van der Waals surface area contributed by atoms with E-state index in [-0.39, 0.29) is 5.91 Å². The summed E-state index contributed by atoms with van der Waals surface area (Å²) in [6.45, 7) is 2.84. The first-order valence-electron chi connectivity index (χ1n) is 9.70. The third-order valence-electron chi connectivity index (χ3n) is 4.28. The van der Waals surface area contributed by atoms with Gasteiger partial charge in [-0.3, -0.25) is 4.79 Å². The topological polar surface area (TPSA) is 69.2 Å². The number of halogens is 1. The van der Waals surface area contributed by atoms with Gasteiger partial charge in [0.2, 0.25) is 0 Å². The summed E-state index contributed by atoms with van der Waals surface area (Å²) < 4.78 is 16.6.